The maximum atomic E-state index is 10.2. The molecule has 138 valence electrons. The van der Waals surface area contributed by atoms with Gasteiger partial charge in [-0.1, -0.05) is 35.9 Å². The lowest BCUT2D eigenvalue weighted by Crippen LogP contribution is -1.92. The van der Waals surface area contributed by atoms with Gasteiger partial charge < -0.3 is 14.7 Å². The van der Waals surface area contributed by atoms with E-state index in [0.717, 1.165) is 16.5 Å². The summed E-state index contributed by atoms with van der Waals surface area (Å²) in [6, 6.07) is 11.5. The molecule has 0 amide bonds. The average molecular weight is 392 g/mol. The first kappa shape index (κ1) is 16.6. The highest BCUT2D eigenvalue weighted by Gasteiger charge is 2.16. The minimum absolute atomic E-state index is 0.0935. The molecule has 0 aliphatic heterocycles. The van der Waals surface area contributed by atoms with E-state index in [4.69, 9.17) is 11.6 Å². The Hall–Kier alpha value is -3.52. The Balaban J connectivity index is 1.65. The van der Waals surface area contributed by atoms with Crippen molar-refractivity contribution in [1.29, 1.82) is 0 Å². The third kappa shape index (κ3) is 2.35. The minimum atomic E-state index is -0.117. The van der Waals surface area contributed by atoms with Crippen molar-refractivity contribution >= 4 is 56.2 Å². The summed E-state index contributed by atoms with van der Waals surface area (Å²) in [5, 5.41) is 28.8. The van der Waals surface area contributed by atoms with Crippen molar-refractivity contribution in [3.05, 3.63) is 47.0 Å². The van der Waals surface area contributed by atoms with Gasteiger partial charge in [0.25, 0.3) is 5.95 Å². The number of aryl methyl sites for hydroxylation is 2. The van der Waals surface area contributed by atoms with Crippen LogP contribution in [0.3, 0.4) is 0 Å². The summed E-state index contributed by atoms with van der Waals surface area (Å²) in [5.41, 5.74) is 4.25. The Morgan fingerprint density at radius 3 is 2.79 bits per heavy atom. The third-order valence-corrected chi connectivity index (χ3v) is 5.12. The average Bonchev–Trinajstić information content (AvgIpc) is 3.19. The molecule has 5 aromatic rings. The fourth-order valence-corrected chi connectivity index (χ4v) is 3.65. The van der Waals surface area contributed by atoms with E-state index in [1.165, 1.54) is 0 Å². The van der Waals surface area contributed by atoms with Gasteiger partial charge in [0.15, 0.2) is 11.3 Å². The van der Waals surface area contributed by atoms with Gasteiger partial charge in [-0.3, -0.25) is 0 Å². The molecule has 0 aliphatic rings. The van der Waals surface area contributed by atoms with E-state index >= 15 is 0 Å². The first-order valence-electron chi connectivity index (χ1n) is 8.54. The van der Waals surface area contributed by atoms with Crippen LogP contribution in [0, 0.1) is 6.92 Å². The maximum Gasteiger partial charge on any atom is 0.289 e. The van der Waals surface area contributed by atoms with E-state index in [1.807, 2.05) is 48.9 Å². The van der Waals surface area contributed by atoms with E-state index in [0.29, 0.717) is 27.1 Å². The van der Waals surface area contributed by atoms with Crippen molar-refractivity contribution in [1.82, 2.24) is 24.7 Å². The van der Waals surface area contributed by atoms with Gasteiger partial charge in [0.05, 0.1) is 21.4 Å². The van der Waals surface area contributed by atoms with E-state index in [2.05, 4.69) is 30.4 Å². The number of halogens is 1. The Labute approximate surface area is 163 Å². The summed E-state index contributed by atoms with van der Waals surface area (Å²) in [6.45, 7) is 1.91. The van der Waals surface area contributed by atoms with E-state index in [-0.39, 0.29) is 17.5 Å². The fraction of sp³-hybridized carbons (Fsp3) is 0.105. The molecular formula is C19H14ClN7O. The molecule has 0 fully saturated rings. The second-order valence-corrected chi connectivity index (χ2v) is 6.90. The number of hydrogen-bond donors (Lipinski definition) is 2. The number of aromatic amines is 1. The van der Waals surface area contributed by atoms with Gasteiger partial charge >= 0.3 is 0 Å². The second kappa shape index (κ2) is 6.00. The van der Waals surface area contributed by atoms with E-state index < -0.39 is 0 Å². The van der Waals surface area contributed by atoms with Crippen molar-refractivity contribution in [2.75, 3.05) is 0 Å². The Bertz CT molecular complexity index is 1420. The molecule has 0 saturated carbocycles. The molecule has 0 saturated heterocycles. The largest absolute Gasteiger partial charge is 0.493 e. The maximum absolute atomic E-state index is 10.2. The summed E-state index contributed by atoms with van der Waals surface area (Å²) < 4.78 is 1.93. The zero-order valence-corrected chi connectivity index (χ0v) is 15.7. The van der Waals surface area contributed by atoms with Crippen molar-refractivity contribution in [3.8, 4) is 5.88 Å². The molecule has 28 heavy (non-hydrogen) atoms. The molecule has 3 aromatic heterocycles. The molecule has 0 spiro atoms. The smallest absolute Gasteiger partial charge is 0.289 e. The SMILES string of the molecule is Cc1ccc(Cl)c2c(N=Nc3nnc4c5ccccc5n(C)c4n3)c(O)[nH]c12. The third-order valence-electron chi connectivity index (χ3n) is 4.80. The summed E-state index contributed by atoms with van der Waals surface area (Å²) in [5.74, 6) is -0.0236. The number of aromatic hydroxyl groups is 1. The number of azo groups is 1. The molecule has 0 atom stereocenters. The molecule has 0 unspecified atom stereocenters. The normalized spacial score (nSPS) is 12.1. The van der Waals surface area contributed by atoms with Crippen LogP contribution >= 0.6 is 11.6 Å². The highest BCUT2D eigenvalue weighted by Crippen LogP contribution is 2.41. The van der Waals surface area contributed by atoms with Crippen LogP contribution in [0.1, 0.15) is 5.56 Å². The number of hydrogen-bond acceptors (Lipinski definition) is 6. The number of benzene rings is 2. The van der Waals surface area contributed by atoms with Crippen molar-refractivity contribution in [2.24, 2.45) is 17.3 Å². The van der Waals surface area contributed by atoms with E-state index in [1.54, 1.807) is 6.07 Å². The lowest BCUT2D eigenvalue weighted by molar-refractivity contribution is 0.459. The van der Waals surface area contributed by atoms with E-state index in [9.17, 15) is 5.11 Å². The summed E-state index contributed by atoms with van der Waals surface area (Å²) in [4.78, 5) is 7.35. The molecule has 0 bridgehead atoms. The number of para-hydroxylation sites is 1. The van der Waals surface area contributed by atoms with Gasteiger partial charge in [-0.05, 0) is 24.6 Å². The first-order chi connectivity index (χ1) is 13.5. The first-order valence-corrected chi connectivity index (χ1v) is 8.91. The zero-order chi connectivity index (χ0) is 19.4. The van der Waals surface area contributed by atoms with Gasteiger partial charge in [-0.2, -0.15) is 4.98 Å². The van der Waals surface area contributed by atoms with Crippen LogP contribution in [0.15, 0.2) is 46.6 Å². The topological polar surface area (TPSA) is 104 Å². The Kier molecular flexibility index (Phi) is 3.56. The molecule has 0 aliphatic carbocycles. The Morgan fingerprint density at radius 1 is 1.11 bits per heavy atom. The number of H-pyrrole nitrogens is 1. The van der Waals surface area contributed by atoms with Gasteiger partial charge in [0.1, 0.15) is 5.52 Å². The molecule has 2 aromatic carbocycles. The van der Waals surface area contributed by atoms with Crippen LogP contribution in [-0.2, 0) is 7.05 Å². The number of nitrogens with zero attached hydrogens (tertiary/aromatic N) is 6. The second-order valence-electron chi connectivity index (χ2n) is 6.50. The van der Waals surface area contributed by atoms with Crippen molar-refractivity contribution in [3.63, 3.8) is 0 Å². The predicted octanol–water partition coefficient (Wildman–Crippen LogP) is 5.08. The molecule has 0 radical (unpaired) electrons. The van der Waals surface area contributed by atoms with Crippen molar-refractivity contribution < 1.29 is 5.11 Å². The summed E-state index contributed by atoms with van der Waals surface area (Å²) in [7, 11) is 1.91. The molecule has 2 N–H and O–H groups in total. The van der Waals surface area contributed by atoms with Gasteiger partial charge in [0, 0.05) is 12.4 Å². The Morgan fingerprint density at radius 2 is 1.93 bits per heavy atom. The quantitative estimate of drug-likeness (QED) is 0.409. The van der Waals surface area contributed by atoms with Gasteiger partial charge in [-0.25, -0.2) is 0 Å². The minimum Gasteiger partial charge on any atom is -0.493 e. The highest BCUT2D eigenvalue weighted by molar-refractivity contribution is 6.36. The fourth-order valence-electron chi connectivity index (χ4n) is 3.40. The molecule has 5 rings (SSSR count). The summed E-state index contributed by atoms with van der Waals surface area (Å²) in [6.07, 6.45) is 0. The van der Waals surface area contributed by atoms with Gasteiger partial charge in [-0.15, -0.1) is 20.4 Å². The predicted molar refractivity (Wildman–Crippen MR) is 108 cm³/mol. The standard InChI is InChI=1S/C19H14ClN7O/c1-9-7-8-11(20)13-14(9)21-18(28)16(13)24-26-19-22-17-15(23-25-19)10-5-3-4-6-12(10)27(17)2/h3-8,21,28H,1-2H3. The molecule has 9 heteroatoms. The van der Waals surface area contributed by atoms with Crippen LogP contribution in [0.25, 0.3) is 33.0 Å². The van der Waals surface area contributed by atoms with Crippen LogP contribution in [0.5, 0.6) is 5.88 Å². The van der Waals surface area contributed by atoms with Crippen LogP contribution in [-0.4, -0.2) is 29.8 Å². The molecule has 8 nitrogen and oxygen atoms in total. The van der Waals surface area contributed by atoms with Crippen LogP contribution in [0.2, 0.25) is 5.02 Å². The number of aromatic nitrogens is 5. The molecule has 3 heterocycles. The van der Waals surface area contributed by atoms with Crippen LogP contribution in [0.4, 0.5) is 11.6 Å². The molecular weight excluding hydrogens is 378 g/mol. The zero-order valence-electron chi connectivity index (χ0n) is 15.0. The number of rotatable bonds is 2. The van der Waals surface area contributed by atoms with Crippen molar-refractivity contribution in [2.45, 2.75) is 6.92 Å². The highest BCUT2D eigenvalue weighted by atomic mass is 35.5. The van der Waals surface area contributed by atoms with Gasteiger partial charge in [0.2, 0.25) is 5.88 Å². The lowest BCUT2D eigenvalue weighted by Gasteiger charge is -1.98. The summed E-state index contributed by atoms with van der Waals surface area (Å²) >= 11 is 6.29. The monoisotopic (exact) mass is 391 g/mol. The van der Waals surface area contributed by atoms with Crippen LogP contribution < -0.4 is 0 Å². The number of fused-ring (bicyclic) bond motifs is 4. The lowest BCUT2D eigenvalue weighted by atomic mass is 10.1. The number of nitrogens with one attached hydrogen (secondary N) is 1.